The summed E-state index contributed by atoms with van der Waals surface area (Å²) in [7, 11) is 0. The first-order chi connectivity index (χ1) is 14.5. The molecule has 0 spiro atoms. The molecule has 0 amide bonds. The fourth-order valence-corrected chi connectivity index (χ4v) is 2.75. The van der Waals surface area contributed by atoms with Gasteiger partial charge in [0.15, 0.2) is 5.82 Å². The predicted octanol–water partition coefficient (Wildman–Crippen LogP) is 6.64. The van der Waals surface area contributed by atoms with Gasteiger partial charge in [-0.1, -0.05) is 36.4 Å². The quantitative estimate of drug-likeness (QED) is 0.358. The zero-order valence-corrected chi connectivity index (χ0v) is 15.5. The summed E-state index contributed by atoms with van der Waals surface area (Å²) in [6.45, 7) is 0. The van der Waals surface area contributed by atoms with Crippen LogP contribution >= 0.6 is 0 Å². The number of alkyl halides is 3. The minimum absolute atomic E-state index is 0.0835. The Kier molecular flexibility index (Phi) is 5.30. The lowest BCUT2D eigenvalue weighted by molar-refractivity contribution is -0.137. The minimum atomic E-state index is -4.45. The van der Waals surface area contributed by atoms with Crippen molar-refractivity contribution in [2.24, 2.45) is 10.2 Å². The molecule has 2 heterocycles. The zero-order valence-electron chi connectivity index (χ0n) is 15.5. The fourth-order valence-electron chi connectivity index (χ4n) is 2.75. The molecule has 5 nitrogen and oxygen atoms in total. The van der Waals surface area contributed by atoms with Crippen molar-refractivity contribution < 1.29 is 13.2 Å². The molecule has 0 unspecified atom stereocenters. The minimum Gasteiger partial charge on any atom is -0.264 e. The fraction of sp³-hybridized carbons (Fsp3) is 0.0455. The molecule has 0 N–H and O–H groups in total. The van der Waals surface area contributed by atoms with Crippen molar-refractivity contribution in [1.29, 1.82) is 0 Å². The summed E-state index contributed by atoms with van der Waals surface area (Å²) in [5.41, 5.74) is 1.66. The van der Waals surface area contributed by atoms with Gasteiger partial charge < -0.3 is 0 Å². The molecule has 0 saturated carbocycles. The summed E-state index contributed by atoms with van der Waals surface area (Å²) in [6, 6.07) is 17.6. The molecule has 4 aromatic rings. The van der Waals surface area contributed by atoms with Crippen LogP contribution in [0.5, 0.6) is 0 Å². The van der Waals surface area contributed by atoms with E-state index in [1.54, 1.807) is 18.5 Å². The molecule has 30 heavy (non-hydrogen) atoms. The summed E-state index contributed by atoms with van der Waals surface area (Å²) in [4.78, 5) is 13.0. The number of halogens is 3. The summed E-state index contributed by atoms with van der Waals surface area (Å²) in [6.07, 6.45) is 0.344. The number of azo groups is 1. The van der Waals surface area contributed by atoms with E-state index in [2.05, 4.69) is 25.2 Å². The van der Waals surface area contributed by atoms with Crippen molar-refractivity contribution in [2.45, 2.75) is 6.18 Å². The van der Waals surface area contributed by atoms with Crippen molar-refractivity contribution in [3.8, 4) is 22.6 Å². The molecule has 2 aromatic carbocycles. The van der Waals surface area contributed by atoms with E-state index in [1.807, 2.05) is 36.4 Å². The Morgan fingerprint density at radius 1 is 0.767 bits per heavy atom. The van der Waals surface area contributed by atoms with Gasteiger partial charge in [-0.3, -0.25) is 4.98 Å². The van der Waals surface area contributed by atoms with E-state index in [4.69, 9.17) is 0 Å². The highest BCUT2D eigenvalue weighted by Crippen LogP contribution is 2.33. The number of aromatic nitrogens is 3. The average Bonchev–Trinajstić information content (AvgIpc) is 2.78. The number of hydrogen-bond donors (Lipinski definition) is 0. The van der Waals surface area contributed by atoms with Crippen molar-refractivity contribution in [2.75, 3.05) is 0 Å². The SMILES string of the molecule is FC(F)(F)c1cccc(N=Nc2cnc(-c3cccnc3)nc2-c2ccccc2)c1. The van der Waals surface area contributed by atoms with Crippen LogP contribution in [0.15, 0.2) is 95.5 Å². The summed E-state index contributed by atoms with van der Waals surface area (Å²) < 4.78 is 38.8. The van der Waals surface area contributed by atoms with Crippen LogP contribution in [-0.4, -0.2) is 15.0 Å². The molecule has 0 aliphatic heterocycles. The second-order valence-corrected chi connectivity index (χ2v) is 6.28. The molecule has 4 rings (SSSR count). The van der Waals surface area contributed by atoms with Gasteiger partial charge in [0.2, 0.25) is 0 Å². The smallest absolute Gasteiger partial charge is 0.264 e. The summed E-state index contributed by atoms with van der Waals surface area (Å²) in [5, 5.41) is 8.10. The van der Waals surface area contributed by atoms with Crippen LogP contribution in [0.2, 0.25) is 0 Å². The van der Waals surface area contributed by atoms with Crippen molar-refractivity contribution in [3.63, 3.8) is 0 Å². The summed E-state index contributed by atoms with van der Waals surface area (Å²) in [5.74, 6) is 0.458. The zero-order chi connectivity index (χ0) is 21.0. The van der Waals surface area contributed by atoms with Gasteiger partial charge in [-0.05, 0) is 30.3 Å². The van der Waals surface area contributed by atoms with E-state index < -0.39 is 11.7 Å². The van der Waals surface area contributed by atoms with Crippen molar-refractivity contribution in [3.05, 3.63) is 90.9 Å². The van der Waals surface area contributed by atoms with Crippen molar-refractivity contribution in [1.82, 2.24) is 15.0 Å². The molecule has 148 valence electrons. The highest BCUT2D eigenvalue weighted by atomic mass is 19.4. The van der Waals surface area contributed by atoms with Gasteiger partial charge in [-0.25, -0.2) is 9.97 Å². The third kappa shape index (κ3) is 4.38. The molecule has 0 aliphatic rings. The Hall–Kier alpha value is -3.94. The maximum atomic E-state index is 12.9. The van der Waals surface area contributed by atoms with Gasteiger partial charge >= 0.3 is 6.18 Å². The normalized spacial score (nSPS) is 11.7. The first-order valence-corrected chi connectivity index (χ1v) is 8.92. The van der Waals surface area contributed by atoms with Crippen LogP contribution in [0.4, 0.5) is 24.5 Å². The van der Waals surface area contributed by atoms with Crippen LogP contribution in [0.1, 0.15) is 5.56 Å². The summed E-state index contributed by atoms with van der Waals surface area (Å²) >= 11 is 0. The molecule has 0 radical (unpaired) electrons. The van der Waals surface area contributed by atoms with Gasteiger partial charge in [0.05, 0.1) is 17.4 Å². The van der Waals surface area contributed by atoms with E-state index in [0.29, 0.717) is 17.2 Å². The van der Waals surface area contributed by atoms with Gasteiger partial charge in [0.25, 0.3) is 0 Å². The number of pyridine rings is 1. The Bertz CT molecular complexity index is 1180. The van der Waals surface area contributed by atoms with E-state index in [-0.39, 0.29) is 5.69 Å². The predicted molar refractivity (Wildman–Crippen MR) is 106 cm³/mol. The number of nitrogens with zero attached hydrogens (tertiary/aromatic N) is 5. The van der Waals surface area contributed by atoms with Crippen LogP contribution < -0.4 is 0 Å². The van der Waals surface area contributed by atoms with Gasteiger partial charge in [0.1, 0.15) is 11.4 Å². The number of benzene rings is 2. The maximum absolute atomic E-state index is 12.9. The lowest BCUT2D eigenvalue weighted by Gasteiger charge is -2.08. The highest BCUT2D eigenvalue weighted by Gasteiger charge is 2.30. The van der Waals surface area contributed by atoms with Crippen LogP contribution in [0.25, 0.3) is 22.6 Å². The monoisotopic (exact) mass is 405 g/mol. The lowest BCUT2D eigenvalue weighted by Crippen LogP contribution is -2.03. The Morgan fingerprint density at radius 2 is 1.57 bits per heavy atom. The molecular weight excluding hydrogens is 391 g/mol. The van der Waals surface area contributed by atoms with E-state index >= 15 is 0 Å². The molecule has 0 fully saturated rings. The van der Waals surface area contributed by atoms with Crippen LogP contribution in [-0.2, 0) is 6.18 Å². The van der Waals surface area contributed by atoms with E-state index in [9.17, 15) is 13.2 Å². The second kappa shape index (κ2) is 8.20. The molecule has 0 atom stereocenters. The number of hydrogen-bond acceptors (Lipinski definition) is 5. The highest BCUT2D eigenvalue weighted by molar-refractivity contribution is 5.73. The molecule has 0 saturated heterocycles. The average molecular weight is 405 g/mol. The second-order valence-electron chi connectivity index (χ2n) is 6.28. The topological polar surface area (TPSA) is 63.4 Å². The first kappa shape index (κ1) is 19.4. The number of rotatable bonds is 4. The third-order valence-corrected chi connectivity index (χ3v) is 4.18. The van der Waals surface area contributed by atoms with Crippen molar-refractivity contribution >= 4 is 11.4 Å². The standard InChI is InChI=1S/C22H14F3N5/c23-22(24,25)17-9-4-10-18(12-17)29-30-19-14-27-21(16-8-5-11-26-13-16)28-20(19)15-6-2-1-3-7-15/h1-14H. The Labute approximate surface area is 170 Å². The van der Waals surface area contributed by atoms with E-state index in [1.165, 1.54) is 18.3 Å². The molecule has 0 bridgehead atoms. The molecule has 2 aromatic heterocycles. The molecule has 8 heteroatoms. The van der Waals surface area contributed by atoms with E-state index in [0.717, 1.165) is 23.3 Å². The van der Waals surface area contributed by atoms with Gasteiger partial charge in [-0.15, -0.1) is 5.11 Å². The van der Waals surface area contributed by atoms with Gasteiger partial charge in [0, 0.05) is 23.5 Å². The molecular formula is C22H14F3N5. The molecule has 0 aliphatic carbocycles. The third-order valence-electron chi connectivity index (χ3n) is 4.18. The first-order valence-electron chi connectivity index (χ1n) is 8.92. The lowest BCUT2D eigenvalue weighted by atomic mass is 10.1. The van der Waals surface area contributed by atoms with Gasteiger partial charge in [-0.2, -0.15) is 18.3 Å². The largest absolute Gasteiger partial charge is 0.416 e. The van der Waals surface area contributed by atoms with Crippen LogP contribution in [0, 0.1) is 0 Å². The Balaban J connectivity index is 1.75. The Morgan fingerprint density at radius 3 is 2.30 bits per heavy atom. The maximum Gasteiger partial charge on any atom is 0.416 e. The van der Waals surface area contributed by atoms with Crippen LogP contribution in [0.3, 0.4) is 0 Å².